The van der Waals surface area contributed by atoms with Gasteiger partial charge in [-0.1, -0.05) is 46.9 Å². The highest BCUT2D eigenvalue weighted by Gasteiger charge is 2.09. The molecule has 0 atom stereocenters. The van der Waals surface area contributed by atoms with Gasteiger partial charge in [0.1, 0.15) is 5.75 Å². The van der Waals surface area contributed by atoms with Crippen LogP contribution >= 0.6 is 46.1 Å². The number of aromatic nitrogens is 1. The molecule has 11 heteroatoms. The molecule has 2 N–H and O–H groups in total. The SMILES string of the molecule is Cc1nc(-c2ccc(C(=O)N/N=C/c3ccc(OCC(=O)Nc4ccc(Cl)c(Cl)c4)c(Cl)c3)cc2)cs1. The van der Waals surface area contributed by atoms with E-state index >= 15 is 0 Å². The summed E-state index contributed by atoms with van der Waals surface area (Å²) in [4.78, 5) is 29.0. The maximum Gasteiger partial charge on any atom is 0.271 e. The zero-order valence-corrected chi connectivity index (χ0v) is 22.4. The van der Waals surface area contributed by atoms with Crippen LogP contribution < -0.4 is 15.5 Å². The summed E-state index contributed by atoms with van der Waals surface area (Å²) >= 11 is 19.7. The first-order valence-corrected chi connectivity index (χ1v) is 12.8. The number of hydrogen-bond donors (Lipinski definition) is 2. The van der Waals surface area contributed by atoms with Gasteiger partial charge in [0, 0.05) is 22.2 Å². The summed E-state index contributed by atoms with van der Waals surface area (Å²) < 4.78 is 5.50. The normalized spacial score (nSPS) is 10.9. The second kappa shape index (κ2) is 12.2. The zero-order valence-electron chi connectivity index (χ0n) is 19.3. The van der Waals surface area contributed by atoms with Gasteiger partial charge in [0.15, 0.2) is 6.61 Å². The number of hydrazone groups is 1. The van der Waals surface area contributed by atoms with Crippen molar-refractivity contribution in [3.63, 3.8) is 0 Å². The zero-order chi connectivity index (χ0) is 26.4. The largest absolute Gasteiger partial charge is 0.482 e. The van der Waals surface area contributed by atoms with E-state index < -0.39 is 5.91 Å². The van der Waals surface area contributed by atoms with E-state index in [0.717, 1.165) is 16.3 Å². The van der Waals surface area contributed by atoms with E-state index in [4.69, 9.17) is 39.5 Å². The maximum absolute atomic E-state index is 12.4. The highest BCUT2D eigenvalue weighted by Crippen LogP contribution is 2.26. The van der Waals surface area contributed by atoms with Gasteiger partial charge in [0.2, 0.25) is 0 Å². The Bertz CT molecular complexity index is 1470. The van der Waals surface area contributed by atoms with Crippen molar-refractivity contribution in [2.24, 2.45) is 5.10 Å². The van der Waals surface area contributed by atoms with Crippen LogP contribution in [0.15, 0.2) is 71.1 Å². The summed E-state index contributed by atoms with van der Waals surface area (Å²) in [6, 6.07) is 16.8. The number of carbonyl (C=O) groups is 2. The number of hydrogen-bond acceptors (Lipinski definition) is 6. The molecular formula is C26H19Cl3N4O3S. The van der Waals surface area contributed by atoms with Crippen molar-refractivity contribution < 1.29 is 14.3 Å². The van der Waals surface area contributed by atoms with Gasteiger partial charge >= 0.3 is 0 Å². The molecule has 1 aromatic heterocycles. The number of ether oxygens (including phenoxy) is 1. The fraction of sp³-hybridized carbons (Fsp3) is 0.0769. The lowest BCUT2D eigenvalue weighted by molar-refractivity contribution is -0.118. The fourth-order valence-electron chi connectivity index (χ4n) is 3.15. The monoisotopic (exact) mass is 572 g/mol. The number of benzene rings is 3. The van der Waals surface area contributed by atoms with Gasteiger partial charge in [-0.2, -0.15) is 5.10 Å². The van der Waals surface area contributed by atoms with Gasteiger partial charge in [-0.25, -0.2) is 10.4 Å². The lowest BCUT2D eigenvalue weighted by Gasteiger charge is -2.10. The fourth-order valence-corrected chi connectivity index (χ4v) is 4.31. The number of thiazole rings is 1. The molecular weight excluding hydrogens is 555 g/mol. The second-order valence-electron chi connectivity index (χ2n) is 7.68. The summed E-state index contributed by atoms with van der Waals surface area (Å²) in [5, 5.41) is 10.6. The van der Waals surface area contributed by atoms with Crippen molar-refractivity contribution in [3.8, 4) is 17.0 Å². The standard InChI is InChI=1S/C26H19Cl3N4O3S/c1-15-31-23(14-37-15)17-3-5-18(6-4-17)26(35)33-30-12-16-2-9-24(22(29)10-16)36-13-25(34)32-19-7-8-20(27)21(28)11-19/h2-12,14H,13H2,1H3,(H,32,34)(H,33,35)/b30-12+. The molecule has 0 unspecified atom stereocenters. The molecule has 4 aromatic rings. The van der Waals surface area contributed by atoms with E-state index in [1.165, 1.54) is 6.21 Å². The van der Waals surface area contributed by atoms with Crippen LogP contribution in [0.2, 0.25) is 15.1 Å². The molecule has 0 fully saturated rings. The molecule has 0 bridgehead atoms. The quantitative estimate of drug-likeness (QED) is 0.178. The number of halogens is 3. The molecule has 188 valence electrons. The number of amides is 2. The van der Waals surface area contributed by atoms with Crippen LogP contribution in [0.25, 0.3) is 11.3 Å². The van der Waals surface area contributed by atoms with E-state index in [9.17, 15) is 9.59 Å². The molecule has 1 heterocycles. The molecule has 0 saturated heterocycles. The number of nitrogens with one attached hydrogen (secondary N) is 2. The third-order valence-electron chi connectivity index (χ3n) is 4.96. The van der Waals surface area contributed by atoms with Gasteiger partial charge in [-0.3, -0.25) is 9.59 Å². The Balaban J connectivity index is 1.28. The third kappa shape index (κ3) is 7.30. The first-order valence-electron chi connectivity index (χ1n) is 10.8. The molecule has 0 spiro atoms. The predicted molar refractivity (Wildman–Crippen MR) is 149 cm³/mol. The Kier molecular flexibility index (Phi) is 8.78. The highest BCUT2D eigenvalue weighted by molar-refractivity contribution is 7.09. The van der Waals surface area contributed by atoms with Crippen molar-refractivity contribution in [1.82, 2.24) is 10.4 Å². The maximum atomic E-state index is 12.4. The van der Waals surface area contributed by atoms with Crippen molar-refractivity contribution in [2.45, 2.75) is 6.92 Å². The number of nitrogens with zero attached hydrogens (tertiary/aromatic N) is 2. The van der Waals surface area contributed by atoms with Crippen LogP contribution in [0.4, 0.5) is 5.69 Å². The minimum Gasteiger partial charge on any atom is -0.482 e. The Morgan fingerprint density at radius 2 is 1.78 bits per heavy atom. The highest BCUT2D eigenvalue weighted by atomic mass is 35.5. The van der Waals surface area contributed by atoms with Crippen molar-refractivity contribution in [1.29, 1.82) is 0 Å². The summed E-state index contributed by atoms with van der Waals surface area (Å²) in [6.07, 6.45) is 1.46. The lowest BCUT2D eigenvalue weighted by Crippen LogP contribution is -2.20. The van der Waals surface area contributed by atoms with Crippen LogP contribution in [-0.2, 0) is 4.79 Å². The van der Waals surface area contributed by atoms with E-state index in [-0.39, 0.29) is 17.5 Å². The van der Waals surface area contributed by atoms with Crippen LogP contribution in [0.5, 0.6) is 5.75 Å². The third-order valence-corrected chi connectivity index (χ3v) is 6.77. The minimum absolute atomic E-state index is 0.260. The van der Waals surface area contributed by atoms with Crippen LogP contribution in [-0.4, -0.2) is 29.6 Å². The molecule has 4 rings (SSSR count). The van der Waals surface area contributed by atoms with Crippen LogP contribution in [0.1, 0.15) is 20.9 Å². The van der Waals surface area contributed by atoms with E-state index in [1.54, 1.807) is 59.9 Å². The molecule has 2 amide bonds. The molecule has 0 aliphatic carbocycles. The summed E-state index contributed by atoms with van der Waals surface area (Å²) in [5.74, 6) is -0.420. The molecule has 0 aliphatic heterocycles. The van der Waals surface area contributed by atoms with Crippen molar-refractivity contribution in [3.05, 3.63) is 97.2 Å². The van der Waals surface area contributed by atoms with Crippen molar-refractivity contribution >= 4 is 69.9 Å². The summed E-state index contributed by atoms with van der Waals surface area (Å²) in [6.45, 7) is 1.69. The molecule has 37 heavy (non-hydrogen) atoms. The van der Waals surface area contributed by atoms with E-state index in [2.05, 4.69) is 20.8 Å². The number of anilines is 1. The average Bonchev–Trinajstić information content (AvgIpc) is 3.32. The molecule has 7 nitrogen and oxygen atoms in total. The van der Waals surface area contributed by atoms with Crippen LogP contribution in [0.3, 0.4) is 0 Å². The van der Waals surface area contributed by atoms with Gasteiger partial charge in [-0.05, 0) is 61.0 Å². The Morgan fingerprint density at radius 3 is 2.46 bits per heavy atom. The smallest absolute Gasteiger partial charge is 0.271 e. The Morgan fingerprint density at radius 1 is 1.00 bits per heavy atom. The molecule has 0 radical (unpaired) electrons. The molecule has 0 saturated carbocycles. The number of carbonyl (C=O) groups excluding carboxylic acids is 2. The lowest BCUT2D eigenvalue weighted by atomic mass is 10.1. The van der Waals surface area contributed by atoms with E-state index in [1.807, 2.05) is 24.4 Å². The summed E-state index contributed by atoms with van der Waals surface area (Å²) in [7, 11) is 0. The minimum atomic E-state index is -0.391. The predicted octanol–water partition coefficient (Wildman–Crippen LogP) is 6.86. The van der Waals surface area contributed by atoms with Crippen LogP contribution in [0, 0.1) is 6.92 Å². The van der Waals surface area contributed by atoms with Gasteiger partial charge < -0.3 is 10.1 Å². The second-order valence-corrected chi connectivity index (χ2v) is 9.97. The van der Waals surface area contributed by atoms with Gasteiger partial charge in [-0.15, -0.1) is 11.3 Å². The Labute approximate surface area is 232 Å². The van der Waals surface area contributed by atoms with Gasteiger partial charge in [0.05, 0.1) is 32.0 Å². The average molecular weight is 574 g/mol. The number of aryl methyl sites for hydroxylation is 1. The van der Waals surface area contributed by atoms with E-state index in [0.29, 0.717) is 32.6 Å². The topological polar surface area (TPSA) is 92.7 Å². The first kappa shape index (κ1) is 26.6. The Hall–Kier alpha value is -3.43. The van der Waals surface area contributed by atoms with Gasteiger partial charge in [0.25, 0.3) is 11.8 Å². The summed E-state index contributed by atoms with van der Waals surface area (Å²) in [5.41, 5.74) is 5.90. The van der Waals surface area contributed by atoms with Crippen molar-refractivity contribution in [2.75, 3.05) is 11.9 Å². The number of rotatable bonds is 8. The first-order chi connectivity index (χ1) is 17.8. The molecule has 3 aromatic carbocycles. The molecule has 0 aliphatic rings.